The number of rotatable bonds is 6. The zero-order valence-corrected chi connectivity index (χ0v) is 11.8. The number of carbonyl (C=O) groups excluding carboxylic acids is 1. The SMILES string of the molecule is CNCCCC(=O)Nc1cccc(-c2cccs2)c1. The molecular formula is C15H18N2OS. The Hall–Kier alpha value is -1.65. The number of benzene rings is 1. The van der Waals surface area contributed by atoms with Gasteiger partial charge in [0.05, 0.1) is 0 Å². The van der Waals surface area contributed by atoms with Gasteiger partial charge in [0, 0.05) is 17.0 Å². The summed E-state index contributed by atoms with van der Waals surface area (Å²) in [6.45, 7) is 0.864. The monoisotopic (exact) mass is 274 g/mol. The van der Waals surface area contributed by atoms with Crippen LogP contribution in [0.25, 0.3) is 10.4 Å². The number of nitrogens with one attached hydrogen (secondary N) is 2. The van der Waals surface area contributed by atoms with E-state index < -0.39 is 0 Å². The second kappa shape index (κ2) is 7.07. The third-order valence-corrected chi connectivity index (χ3v) is 3.70. The van der Waals surface area contributed by atoms with Crippen molar-refractivity contribution in [2.24, 2.45) is 0 Å². The van der Waals surface area contributed by atoms with Crippen molar-refractivity contribution in [3.05, 3.63) is 41.8 Å². The minimum Gasteiger partial charge on any atom is -0.326 e. The number of anilines is 1. The fourth-order valence-corrected chi connectivity index (χ4v) is 2.57. The fourth-order valence-electron chi connectivity index (χ4n) is 1.84. The highest BCUT2D eigenvalue weighted by molar-refractivity contribution is 7.13. The van der Waals surface area contributed by atoms with Crippen LogP contribution in [0.1, 0.15) is 12.8 Å². The molecule has 0 saturated carbocycles. The van der Waals surface area contributed by atoms with Crippen LogP contribution < -0.4 is 10.6 Å². The minimum absolute atomic E-state index is 0.0681. The van der Waals surface area contributed by atoms with E-state index in [1.54, 1.807) is 11.3 Å². The average Bonchev–Trinajstić information content (AvgIpc) is 2.93. The molecule has 2 N–H and O–H groups in total. The largest absolute Gasteiger partial charge is 0.326 e. The lowest BCUT2D eigenvalue weighted by Crippen LogP contribution is -2.15. The van der Waals surface area contributed by atoms with Gasteiger partial charge in [-0.15, -0.1) is 11.3 Å². The lowest BCUT2D eigenvalue weighted by Gasteiger charge is -2.06. The summed E-state index contributed by atoms with van der Waals surface area (Å²) in [5.74, 6) is 0.0681. The number of amides is 1. The van der Waals surface area contributed by atoms with Gasteiger partial charge in [0.2, 0.25) is 5.91 Å². The summed E-state index contributed by atoms with van der Waals surface area (Å²) >= 11 is 1.70. The summed E-state index contributed by atoms with van der Waals surface area (Å²) in [6.07, 6.45) is 1.40. The van der Waals surface area contributed by atoms with E-state index in [0.29, 0.717) is 6.42 Å². The second-order valence-electron chi connectivity index (χ2n) is 4.31. The van der Waals surface area contributed by atoms with Gasteiger partial charge in [-0.1, -0.05) is 18.2 Å². The van der Waals surface area contributed by atoms with E-state index in [1.807, 2.05) is 31.3 Å². The van der Waals surface area contributed by atoms with Crippen molar-refractivity contribution in [1.82, 2.24) is 5.32 Å². The third-order valence-electron chi connectivity index (χ3n) is 2.78. The van der Waals surface area contributed by atoms with E-state index in [-0.39, 0.29) is 5.91 Å². The van der Waals surface area contributed by atoms with Gasteiger partial charge < -0.3 is 10.6 Å². The Morgan fingerprint density at radius 3 is 2.89 bits per heavy atom. The topological polar surface area (TPSA) is 41.1 Å². The molecule has 0 radical (unpaired) electrons. The lowest BCUT2D eigenvalue weighted by molar-refractivity contribution is -0.116. The van der Waals surface area contributed by atoms with Crippen molar-refractivity contribution in [1.29, 1.82) is 0 Å². The van der Waals surface area contributed by atoms with Gasteiger partial charge in [-0.2, -0.15) is 0 Å². The first-order valence-corrected chi connectivity index (χ1v) is 7.26. The van der Waals surface area contributed by atoms with Gasteiger partial charge in [-0.05, 0) is 49.2 Å². The molecule has 0 unspecified atom stereocenters. The molecule has 0 spiro atoms. The molecule has 2 aromatic rings. The van der Waals surface area contributed by atoms with Gasteiger partial charge in [-0.3, -0.25) is 4.79 Å². The van der Waals surface area contributed by atoms with Gasteiger partial charge in [0.25, 0.3) is 0 Å². The van der Waals surface area contributed by atoms with Crippen LogP contribution in [0.2, 0.25) is 0 Å². The van der Waals surface area contributed by atoms with E-state index in [1.165, 1.54) is 4.88 Å². The summed E-state index contributed by atoms with van der Waals surface area (Å²) in [5, 5.41) is 8.03. The molecule has 3 nitrogen and oxygen atoms in total. The first kappa shape index (κ1) is 13.8. The van der Waals surface area contributed by atoms with Crippen LogP contribution in [0.15, 0.2) is 41.8 Å². The number of thiophene rings is 1. The van der Waals surface area contributed by atoms with Crippen molar-refractivity contribution in [3.63, 3.8) is 0 Å². The van der Waals surface area contributed by atoms with Gasteiger partial charge in [-0.25, -0.2) is 0 Å². The zero-order valence-electron chi connectivity index (χ0n) is 11.0. The summed E-state index contributed by atoms with van der Waals surface area (Å²) in [6, 6.07) is 12.1. The molecule has 0 saturated heterocycles. The van der Waals surface area contributed by atoms with Crippen LogP contribution in [0.3, 0.4) is 0 Å². The van der Waals surface area contributed by atoms with Crippen molar-refractivity contribution in [2.45, 2.75) is 12.8 Å². The quantitative estimate of drug-likeness (QED) is 0.793. The maximum Gasteiger partial charge on any atom is 0.224 e. The number of carbonyl (C=O) groups is 1. The molecule has 0 aliphatic carbocycles. The summed E-state index contributed by atoms with van der Waals surface area (Å²) in [7, 11) is 1.89. The van der Waals surface area contributed by atoms with Gasteiger partial charge >= 0.3 is 0 Å². The van der Waals surface area contributed by atoms with E-state index in [0.717, 1.165) is 24.2 Å². The van der Waals surface area contributed by atoms with Crippen molar-refractivity contribution >= 4 is 22.9 Å². The maximum absolute atomic E-state index is 11.7. The average molecular weight is 274 g/mol. The van der Waals surface area contributed by atoms with Crippen molar-refractivity contribution in [2.75, 3.05) is 18.9 Å². The van der Waals surface area contributed by atoms with E-state index in [2.05, 4.69) is 28.1 Å². The molecule has 1 aromatic heterocycles. The molecule has 2 rings (SSSR count). The Balaban J connectivity index is 1.97. The minimum atomic E-state index is 0.0681. The van der Waals surface area contributed by atoms with Crippen LogP contribution in [0.5, 0.6) is 0 Å². The molecule has 1 amide bonds. The maximum atomic E-state index is 11.7. The molecule has 1 heterocycles. The van der Waals surface area contributed by atoms with Gasteiger partial charge in [0.15, 0.2) is 0 Å². The fraction of sp³-hybridized carbons (Fsp3) is 0.267. The standard InChI is InChI=1S/C15H18N2OS/c1-16-9-3-8-15(18)17-13-6-2-5-12(11-13)14-7-4-10-19-14/h2,4-7,10-11,16H,3,8-9H2,1H3,(H,17,18). The normalized spacial score (nSPS) is 10.4. The number of hydrogen-bond acceptors (Lipinski definition) is 3. The molecule has 0 aliphatic rings. The number of hydrogen-bond donors (Lipinski definition) is 2. The van der Waals surface area contributed by atoms with Gasteiger partial charge in [0.1, 0.15) is 0 Å². The van der Waals surface area contributed by atoms with Crippen LogP contribution in [0, 0.1) is 0 Å². The summed E-state index contributed by atoms with van der Waals surface area (Å²) < 4.78 is 0. The van der Waals surface area contributed by atoms with Crippen LogP contribution in [0.4, 0.5) is 5.69 Å². The van der Waals surface area contributed by atoms with Crippen LogP contribution in [-0.4, -0.2) is 19.5 Å². The Morgan fingerprint density at radius 1 is 1.26 bits per heavy atom. The molecule has 0 aliphatic heterocycles. The van der Waals surface area contributed by atoms with Crippen molar-refractivity contribution in [3.8, 4) is 10.4 Å². The molecular weight excluding hydrogens is 256 g/mol. The second-order valence-corrected chi connectivity index (χ2v) is 5.26. The Kier molecular flexibility index (Phi) is 5.12. The molecule has 19 heavy (non-hydrogen) atoms. The summed E-state index contributed by atoms with van der Waals surface area (Å²) in [5.41, 5.74) is 2.00. The van der Waals surface area contributed by atoms with E-state index in [4.69, 9.17) is 0 Å². The Bertz CT molecular complexity index is 523. The van der Waals surface area contributed by atoms with E-state index in [9.17, 15) is 4.79 Å². The molecule has 0 atom stereocenters. The molecule has 1 aromatic carbocycles. The highest BCUT2D eigenvalue weighted by Crippen LogP contribution is 2.26. The molecule has 0 bridgehead atoms. The van der Waals surface area contributed by atoms with Crippen LogP contribution in [-0.2, 0) is 4.79 Å². The first-order chi connectivity index (χ1) is 9.29. The van der Waals surface area contributed by atoms with Crippen LogP contribution >= 0.6 is 11.3 Å². The van der Waals surface area contributed by atoms with E-state index >= 15 is 0 Å². The first-order valence-electron chi connectivity index (χ1n) is 6.38. The molecule has 4 heteroatoms. The molecule has 100 valence electrons. The Morgan fingerprint density at radius 2 is 2.16 bits per heavy atom. The highest BCUT2D eigenvalue weighted by Gasteiger charge is 2.04. The highest BCUT2D eigenvalue weighted by atomic mass is 32.1. The molecule has 0 fully saturated rings. The predicted octanol–water partition coefficient (Wildman–Crippen LogP) is 3.35. The zero-order chi connectivity index (χ0) is 13.5. The third kappa shape index (κ3) is 4.19. The summed E-state index contributed by atoms with van der Waals surface area (Å²) in [4.78, 5) is 13.0. The predicted molar refractivity (Wildman–Crippen MR) is 81.5 cm³/mol. The lowest BCUT2D eigenvalue weighted by atomic mass is 10.1. The smallest absolute Gasteiger partial charge is 0.224 e. The van der Waals surface area contributed by atoms with Crippen molar-refractivity contribution < 1.29 is 4.79 Å². The Labute approximate surface area is 117 Å².